The van der Waals surface area contributed by atoms with Crippen LogP contribution in [0.3, 0.4) is 0 Å². The Morgan fingerprint density at radius 3 is 2.60 bits per heavy atom. The van der Waals surface area contributed by atoms with Gasteiger partial charge in [-0.05, 0) is 27.4 Å². The molecule has 0 spiro atoms. The van der Waals surface area contributed by atoms with Crippen LogP contribution in [-0.2, 0) is 19.0 Å². The van der Waals surface area contributed by atoms with Gasteiger partial charge in [0.15, 0.2) is 6.10 Å². The van der Waals surface area contributed by atoms with Crippen molar-refractivity contribution in [2.75, 3.05) is 6.61 Å². The molecule has 1 aliphatic rings. The molecule has 0 N–H and O–H groups in total. The van der Waals surface area contributed by atoms with Crippen molar-refractivity contribution in [1.29, 1.82) is 0 Å². The van der Waals surface area contributed by atoms with Crippen molar-refractivity contribution in [3.63, 3.8) is 0 Å². The molecular formula is C11H16O4. The van der Waals surface area contributed by atoms with E-state index in [1.807, 2.05) is 0 Å². The molecule has 4 heteroatoms. The maximum atomic E-state index is 11.4. The third-order valence-corrected chi connectivity index (χ3v) is 2.15. The molecule has 1 fully saturated rings. The number of carbonyl (C=O) groups excluding carboxylic acids is 1. The molecule has 0 bridgehead atoms. The van der Waals surface area contributed by atoms with Crippen molar-refractivity contribution in [2.45, 2.75) is 32.5 Å². The molecule has 1 atom stereocenters. The molecule has 1 unspecified atom stereocenters. The van der Waals surface area contributed by atoms with E-state index in [-0.39, 0.29) is 12.0 Å². The van der Waals surface area contributed by atoms with Gasteiger partial charge < -0.3 is 14.2 Å². The highest BCUT2D eigenvalue weighted by atomic mass is 16.7. The zero-order valence-corrected chi connectivity index (χ0v) is 9.33. The van der Waals surface area contributed by atoms with E-state index >= 15 is 0 Å². The van der Waals surface area contributed by atoms with E-state index in [1.165, 1.54) is 0 Å². The van der Waals surface area contributed by atoms with Crippen LogP contribution in [0.1, 0.15) is 20.8 Å². The number of hydrogen-bond acceptors (Lipinski definition) is 4. The lowest BCUT2D eigenvalue weighted by atomic mass is 10.0. The predicted octanol–water partition coefficient (Wildman–Crippen LogP) is 1.77. The van der Waals surface area contributed by atoms with Gasteiger partial charge in [0.2, 0.25) is 0 Å². The van der Waals surface area contributed by atoms with Gasteiger partial charge in [0.25, 0.3) is 5.95 Å². The number of esters is 1. The first-order valence-corrected chi connectivity index (χ1v) is 4.70. The molecule has 1 aliphatic heterocycles. The topological polar surface area (TPSA) is 44.8 Å². The van der Waals surface area contributed by atoms with E-state index in [0.717, 1.165) is 0 Å². The first-order chi connectivity index (χ1) is 6.83. The maximum Gasteiger partial charge on any atom is 0.333 e. The fraction of sp³-hybridized carbons (Fsp3) is 0.545. The molecule has 0 aromatic heterocycles. The number of carbonyl (C=O) groups is 1. The summed E-state index contributed by atoms with van der Waals surface area (Å²) < 4.78 is 15.6. The predicted molar refractivity (Wildman–Crippen MR) is 55.0 cm³/mol. The summed E-state index contributed by atoms with van der Waals surface area (Å²) >= 11 is 0. The lowest BCUT2D eigenvalue weighted by Gasteiger charge is -2.28. The fourth-order valence-electron chi connectivity index (χ4n) is 1.13. The van der Waals surface area contributed by atoms with Crippen molar-refractivity contribution in [2.24, 2.45) is 0 Å². The lowest BCUT2D eigenvalue weighted by molar-refractivity contribution is -0.161. The van der Waals surface area contributed by atoms with Crippen molar-refractivity contribution >= 4 is 5.97 Å². The number of ether oxygens (including phenoxy) is 3. The summed E-state index contributed by atoms with van der Waals surface area (Å²) in [5, 5.41) is 0. The standard InChI is InChI=1S/C11H16O4/c1-7(2)10(12)15-11(4,5)9-6-13-8(3)14-9/h9H,1,3,6H2,2,4-5H3. The number of rotatable bonds is 3. The molecule has 1 heterocycles. The average molecular weight is 212 g/mol. The maximum absolute atomic E-state index is 11.4. The zero-order valence-electron chi connectivity index (χ0n) is 9.33. The Hall–Kier alpha value is -1.45. The molecule has 0 aliphatic carbocycles. The van der Waals surface area contributed by atoms with E-state index in [1.54, 1.807) is 20.8 Å². The van der Waals surface area contributed by atoms with Gasteiger partial charge in [0.05, 0.1) is 0 Å². The van der Waals surface area contributed by atoms with Gasteiger partial charge in [0, 0.05) is 5.57 Å². The summed E-state index contributed by atoms with van der Waals surface area (Å²) in [7, 11) is 0. The first-order valence-electron chi connectivity index (χ1n) is 4.70. The van der Waals surface area contributed by atoms with E-state index in [0.29, 0.717) is 12.2 Å². The van der Waals surface area contributed by atoms with E-state index in [4.69, 9.17) is 14.2 Å². The quantitative estimate of drug-likeness (QED) is 0.528. The minimum Gasteiger partial charge on any atom is -0.462 e. The highest BCUT2D eigenvalue weighted by molar-refractivity contribution is 5.87. The smallest absolute Gasteiger partial charge is 0.333 e. The third kappa shape index (κ3) is 2.75. The van der Waals surface area contributed by atoms with Crippen LogP contribution in [0.15, 0.2) is 24.7 Å². The van der Waals surface area contributed by atoms with Crippen molar-refractivity contribution in [3.05, 3.63) is 24.7 Å². The van der Waals surface area contributed by atoms with Gasteiger partial charge >= 0.3 is 5.97 Å². The van der Waals surface area contributed by atoms with Crippen LogP contribution in [0, 0.1) is 0 Å². The van der Waals surface area contributed by atoms with Gasteiger partial charge in [0.1, 0.15) is 12.2 Å². The summed E-state index contributed by atoms with van der Waals surface area (Å²) in [6.45, 7) is 12.5. The van der Waals surface area contributed by atoms with E-state index in [9.17, 15) is 4.79 Å². The molecule has 0 radical (unpaired) electrons. The molecule has 0 aromatic carbocycles. The summed E-state index contributed by atoms with van der Waals surface area (Å²) in [5.74, 6) is -0.166. The zero-order chi connectivity index (χ0) is 11.6. The molecule has 1 saturated heterocycles. The molecule has 0 saturated carbocycles. The van der Waals surface area contributed by atoms with Crippen LogP contribution < -0.4 is 0 Å². The summed E-state index contributed by atoms with van der Waals surface area (Å²) in [5.41, 5.74) is -0.393. The van der Waals surface area contributed by atoms with Crippen LogP contribution in [-0.4, -0.2) is 24.3 Å². The molecule has 15 heavy (non-hydrogen) atoms. The Labute approximate surface area is 89.5 Å². The van der Waals surface area contributed by atoms with E-state index in [2.05, 4.69) is 13.2 Å². The summed E-state index contributed by atoms with van der Waals surface area (Å²) in [6, 6.07) is 0. The minimum absolute atomic E-state index is 0.263. The Balaban J connectivity index is 2.62. The monoisotopic (exact) mass is 212 g/mol. The molecule has 0 amide bonds. The lowest BCUT2D eigenvalue weighted by Crippen LogP contribution is -2.42. The van der Waals surface area contributed by atoms with Crippen molar-refractivity contribution in [1.82, 2.24) is 0 Å². The summed E-state index contributed by atoms with van der Waals surface area (Å²) in [4.78, 5) is 11.4. The first kappa shape index (κ1) is 11.6. The van der Waals surface area contributed by atoms with E-state index < -0.39 is 11.6 Å². The number of hydrogen-bond donors (Lipinski definition) is 0. The minimum atomic E-state index is -0.754. The van der Waals surface area contributed by atoms with Gasteiger partial charge in [-0.2, -0.15) is 0 Å². The van der Waals surface area contributed by atoms with Gasteiger partial charge in [-0.15, -0.1) is 0 Å². The molecule has 0 aromatic rings. The highest BCUT2D eigenvalue weighted by Crippen LogP contribution is 2.26. The molecule has 84 valence electrons. The van der Waals surface area contributed by atoms with Crippen LogP contribution in [0.4, 0.5) is 0 Å². The second-order valence-corrected chi connectivity index (χ2v) is 4.06. The SMILES string of the molecule is C=C1OCC(C(C)(C)OC(=O)C(=C)C)O1. The van der Waals surface area contributed by atoms with Crippen LogP contribution in [0.25, 0.3) is 0 Å². The fourth-order valence-corrected chi connectivity index (χ4v) is 1.13. The van der Waals surface area contributed by atoms with Crippen molar-refractivity contribution < 1.29 is 19.0 Å². The normalized spacial score (nSPS) is 20.5. The van der Waals surface area contributed by atoms with Gasteiger partial charge in [-0.25, -0.2) is 4.79 Å². The molecule has 1 rings (SSSR count). The Morgan fingerprint density at radius 1 is 1.60 bits per heavy atom. The molecular weight excluding hydrogens is 196 g/mol. The van der Waals surface area contributed by atoms with Crippen LogP contribution in [0.5, 0.6) is 0 Å². The second kappa shape index (κ2) is 3.96. The second-order valence-electron chi connectivity index (χ2n) is 4.06. The summed E-state index contributed by atoms with van der Waals surface area (Å²) in [6.07, 6.45) is -0.326. The van der Waals surface area contributed by atoms with Crippen LogP contribution in [0.2, 0.25) is 0 Å². The van der Waals surface area contributed by atoms with Gasteiger partial charge in [-0.3, -0.25) is 0 Å². The van der Waals surface area contributed by atoms with Crippen LogP contribution >= 0.6 is 0 Å². The van der Waals surface area contributed by atoms with Gasteiger partial charge in [-0.1, -0.05) is 6.58 Å². The highest BCUT2D eigenvalue weighted by Gasteiger charge is 2.39. The average Bonchev–Trinajstić information content (AvgIpc) is 2.51. The largest absolute Gasteiger partial charge is 0.462 e. The Kier molecular flexibility index (Phi) is 3.07. The Morgan fingerprint density at radius 2 is 2.20 bits per heavy atom. The third-order valence-electron chi connectivity index (χ3n) is 2.15. The van der Waals surface area contributed by atoms with Crippen molar-refractivity contribution in [3.8, 4) is 0 Å². The Bertz CT molecular complexity index is 304. The molecule has 4 nitrogen and oxygen atoms in total.